The van der Waals surface area contributed by atoms with Crippen molar-refractivity contribution in [3.63, 3.8) is 0 Å². The number of rotatable bonds is 7. The molecule has 0 fully saturated rings. The first kappa shape index (κ1) is 30.1. The first-order valence-corrected chi connectivity index (χ1v) is 17.6. The highest BCUT2D eigenvalue weighted by molar-refractivity contribution is 6.32. The van der Waals surface area contributed by atoms with Gasteiger partial charge in [0.1, 0.15) is 11.5 Å². The molecular formula is C48H34N2O2. The first-order valence-electron chi connectivity index (χ1n) is 17.6. The van der Waals surface area contributed by atoms with Crippen molar-refractivity contribution >= 4 is 71.2 Å². The van der Waals surface area contributed by atoms with E-state index in [0.717, 1.165) is 28.6 Å². The van der Waals surface area contributed by atoms with Crippen LogP contribution in [-0.4, -0.2) is 18.8 Å². The number of para-hydroxylation sites is 2. The quantitative estimate of drug-likeness (QED) is 0.158. The zero-order chi connectivity index (χ0) is 34.8. The average molecular weight is 671 g/mol. The Hall–Kier alpha value is -6.78. The molecule has 0 saturated heterocycles. The average Bonchev–Trinajstić information content (AvgIpc) is 3.55. The Morgan fingerprint density at radius 1 is 0.442 bits per heavy atom. The van der Waals surface area contributed by atoms with E-state index in [-0.39, 0.29) is 0 Å². The van der Waals surface area contributed by atoms with Gasteiger partial charge in [0, 0.05) is 51.0 Å². The summed E-state index contributed by atoms with van der Waals surface area (Å²) in [6.07, 6.45) is 0. The highest BCUT2D eigenvalue weighted by atomic mass is 16.5. The molecular weight excluding hydrogens is 637 g/mol. The maximum Gasteiger partial charge on any atom is 0.120 e. The molecule has 1 heterocycles. The normalized spacial score (nSPS) is 11.7. The second-order valence-corrected chi connectivity index (χ2v) is 13.3. The number of ether oxygens (including phenoxy) is 2. The third-order valence-electron chi connectivity index (χ3n) is 10.5. The molecule has 52 heavy (non-hydrogen) atoms. The predicted molar refractivity (Wildman–Crippen MR) is 218 cm³/mol. The minimum absolute atomic E-state index is 0.803. The number of benzene rings is 9. The van der Waals surface area contributed by atoms with Crippen molar-refractivity contribution in [1.82, 2.24) is 4.57 Å². The van der Waals surface area contributed by atoms with E-state index < -0.39 is 0 Å². The first-order chi connectivity index (χ1) is 25.7. The highest BCUT2D eigenvalue weighted by Crippen LogP contribution is 2.45. The molecule has 0 amide bonds. The number of methoxy groups -OCH3 is 2. The van der Waals surface area contributed by atoms with Crippen molar-refractivity contribution in [3.05, 3.63) is 170 Å². The topological polar surface area (TPSA) is 26.6 Å². The molecule has 0 aliphatic carbocycles. The molecule has 0 unspecified atom stereocenters. The van der Waals surface area contributed by atoms with E-state index in [1.807, 2.05) is 24.3 Å². The summed E-state index contributed by atoms with van der Waals surface area (Å²) in [7, 11) is 3.40. The molecule has 10 aromatic rings. The van der Waals surface area contributed by atoms with Crippen LogP contribution in [0.4, 0.5) is 17.1 Å². The molecule has 0 spiro atoms. The van der Waals surface area contributed by atoms with Crippen molar-refractivity contribution in [2.75, 3.05) is 19.1 Å². The van der Waals surface area contributed by atoms with Crippen LogP contribution in [-0.2, 0) is 0 Å². The van der Waals surface area contributed by atoms with Crippen LogP contribution in [0.3, 0.4) is 0 Å². The molecule has 0 bridgehead atoms. The SMILES string of the molecule is COc1cccc(N(c2ccc(-c3ccc4ccc5c6c(ccc3c46)cc3c4ccccc4n(-c4ccccc4)c35)cc2)c2cccc(OC)c2)c1. The van der Waals surface area contributed by atoms with Crippen molar-refractivity contribution in [2.24, 2.45) is 0 Å². The van der Waals surface area contributed by atoms with E-state index in [0.29, 0.717) is 0 Å². The van der Waals surface area contributed by atoms with Crippen LogP contribution in [0.2, 0.25) is 0 Å². The standard InChI is InChI=1S/C48H34N2O2/c1-51-38-14-8-12-36(29-38)49(37-13-9-15-39(30-37)52-2)35-23-18-31(19-24-35)40-25-20-32-21-27-43-47-33(22-26-42(40)46(32)47)28-44-41-16-6-7-17-45(41)50(48(43)44)34-10-4-3-5-11-34/h3-30H,1-2H3. The number of aromatic nitrogens is 1. The van der Waals surface area contributed by atoms with Gasteiger partial charge in [0.05, 0.1) is 25.3 Å². The van der Waals surface area contributed by atoms with Crippen LogP contribution in [0, 0.1) is 0 Å². The summed E-state index contributed by atoms with van der Waals surface area (Å²) in [5.41, 5.74) is 9.06. The Morgan fingerprint density at radius 3 is 1.81 bits per heavy atom. The number of nitrogens with zero attached hydrogens (tertiary/aromatic N) is 2. The van der Waals surface area contributed by atoms with E-state index in [2.05, 4.69) is 155 Å². The molecule has 0 saturated carbocycles. The van der Waals surface area contributed by atoms with Gasteiger partial charge in [0.15, 0.2) is 0 Å². The summed E-state index contributed by atoms with van der Waals surface area (Å²) in [6, 6.07) is 60.9. The van der Waals surface area contributed by atoms with Crippen molar-refractivity contribution in [1.29, 1.82) is 0 Å². The Morgan fingerprint density at radius 2 is 1.08 bits per heavy atom. The summed E-state index contributed by atoms with van der Waals surface area (Å²) in [5.74, 6) is 1.61. The molecule has 10 rings (SSSR count). The lowest BCUT2D eigenvalue weighted by Gasteiger charge is -2.26. The lowest BCUT2D eigenvalue weighted by molar-refractivity contribution is 0.414. The minimum Gasteiger partial charge on any atom is -0.497 e. The van der Waals surface area contributed by atoms with E-state index in [9.17, 15) is 0 Å². The number of hydrogen-bond acceptors (Lipinski definition) is 3. The summed E-state index contributed by atoms with van der Waals surface area (Å²) < 4.78 is 13.6. The summed E-state index contributed by atoms with van der Waals surface area (Å²) >= 11 is 0. The van der Waals surface area contributed by atoms with Crippen molar-refractivity contribution in [3.8, 4) is 28.3 Å². The maximum atomic E-state index is 5.60. The Bertz CT molecular complexity index is 2880. The lowest BCUT2D eigenvalue weighted by Crippen LogP contribution is -2.10. The molecule has 0 N–H and O–H groups in total. The third kappa shape index (κ3) is 4.61. The van der Waals surface area contributed by atoms with Gasteiger partial charge in [-0.2, -0.15) is 0 Å². The van der Waals surface area contributed by atoms with Gasteiger partial charge < -0.3 is 18.9 Å². The largest absolute Gasteiger partial charge is 0.497 e. The van der Waals surface area contributed by atoms with Crippen LogP contribution in [0.15, 0.2) is 170 Å². The third-order valence-corrected chi connectivity index (χ3v) is 10.5. The summed E-state index contributed by atoms with van der Waals surface area (Å²) in [5, 5.41) is 10.2. The van der Waals surface area contributed by atoms with Gasteiger partial charge in [-0.3, -0.25) is 0 Å². The van der Waals surface area contributed by atoms with Crippen LogP contribution < -0.4 is 14.4 Å². The van der Waals surface area contributed by atoms with E-state index in [1.54, 1.807) is 14.2 Å². The smallest absolute Gasteiger partial charge is 0.120 e. The molecule has 248 valence electrons. The second kappa shape index (κ2) is 11.9. The van der Waals surface area contributed by atoms with Crippen molar-refractivity contribution < 1.29 is 9.47 Å². The molecule has 0 aliphatic rings. The van der Waals surface area contributed by atoms with Crippen LogP contribution in [0.1, 0.15) is 0 Å². The lowest BCUT2D eigenvalue weighted by atomic mass is 9.89. The fraction of sp³-hybridized carbons (Fsp3) is 0.0417. The van der Waals surface area contributed by atoms with Gasteiger partial charge in [0.2, 0.25) is 0 Å². The molecule has 4 heteroatoms. The molecule has 0 aliphatic heterocycles. The van der Waals surface area contributed by atoms with Crippen molar-refractivity contribution in [2.45, 2.75) is 0 Å². The van der Waals surface area contributed by atoms with Gasteiger partial charge >= 0.3 is 0 Å². The second-order valence-electron chi connectivity index (χ2n) is 13.3. The van der Waals surface area contributed by atoms with E-state index in [1.165, 1.54) is 70.9 Å². The minimum atomic E-state index is 0.803. The van der Waals surface area contributed by atoms with Gasteiger partial charge in [-0.05, 0) is 98.7 Å². The zero-order valence-electron chi connectivity index (χ0n) is 28.9. The fourth-order valence-electron chi connectivity index (χ4n) is 8.16. The Balaban J connectivity index is 1.16. The van der Waals surface area contributed by atoms with Gasteiger partial charge in [-0.15, -0.1) is 0 Å². The summed E-state index contributed by atoms with van der Waals surface area (Å²) in [4.78, 5) is 2.23. The highest BCUT2D eigenvalue weighted by Gasteiger charge is 2.20. The number of hydrogen-bond donors (Lipinski definition) is 0. The monoisotopic (exact) mass is 670 g/mol. The van der Waals surface area contributed by atoms with Crippen LogP contribution in [0.5, 0.6) is 11.5 Å². The predicted octanol–water partition coefficient (Wildman–Crippen LogP) is 12.8. The van der Waals surface area contributed by atoms with Crippen LogP contribution >= 0.6 is 0 Å². The maximum absolute atomic E-state index is 5.60. The molecule has 9 aromatic carbocycles. The van der Waals surface area contributed by atoms with Gasteiger partial charge in [-0.1, -0.05) is 97.1 Å². The van der Waals surface area contributed by atoms with Crippen LogP contribution in [0.25, 0.3) is 70.9 Å². The van der Waals surface area contributed by atoms with E-state index >= 15 is 0 Å². The summed E-state index contributed by atoms with van der Waals surface area (Å²) in [6.45, 7) is 0. The molecule has 4 nitrogen and oxygen atoms in total. The Kier molecular flexibility index (Phi) is 6.90. The number of anilines is 3. The van der Waals surface area contributed by atoms with Gasteiger partial charge in [-0.25, -0.2) is 0 Å². The molecule has 1 aromatic heterocycles. The van der Waals surface area contributed by atoms with Gasteiger partial charge in [0.25, 0.3) is 0 Å². The zero-order valence-corrected chi connectivity index (χ0v) is 28.9. The fourth-order valence-corrected chi connectivity index (χ4v) is 8.16. The molecule has 0 atom stereocenters. The Labute approximate surface area is 301 Å². The number of fused-ring (bicyclic) bond motifs is 4. The molecule has 0 radical (unpaired) electrons. The van der Waals surface area contributed by atoms with E-state index in [4.69, 9.17) is 9.47 Å².